The number of urea groups is 1. The van der Waals surface area contributed by atoms with Gasteiger partial charge in [0.05, 0.1) is 62.1 Å². The number of sulfonamides is 1. The molecule has 0 spiro atoms. The number of nitrogens with one attached hydrogen (secondary N) is 2. The van der Waals surface area contributed by atoms with E-state index >= 15 is 0 Å². The Morgan fingerprint density at radius 3 is 2.41 bits per heavy atom. The number of hydrogen-bond donors (Lipinski definition) is 3. The lowest BCUT2D eigenvalue weighted by Gasteiger charge is -2.28. The van der Waals surface area contributed by atoms with Crippen molar-refractivity contribution in [2.75, 3.05) is 50.3 Å². The van der Waals surface area contributed by atoms with Crippen molar-refractivity contribution >= 4 is 51.3 Å². The Hall–Kier alpha value is -5.02. The molecule has 3 amide bonds. The number of methoxy groups -OCH3 is 1. The molecule has 2 heterocycles. The van der Waals surface area contributed by atoms with E-state index < -0.39 is 39.9 Å². The molecule has 3 aromatic rings. The number of carbonyl (C=O) groups excluding carboxylic acids is 2. The Labute approximate surface area is 267 Å². The second-order valence-electron chi connectivity index (χ2n) is 10.8. The molecule has 2 unspecified atom stereocenters. The van der Waals surface area contributed by atoms with Gasteiger partial charge >= 0.3 is 12.0 Å². The molecule has 2 atom stereocenters. The van der Waals surface area contributed by atoms with E-state index in [1.807, 2.05) is 25.1 Å². The number of aliphatic imine (C=N–C) groups is 1. The molecule has 244 valence electrons. The summed E-state index contributed by atoms with van der Waals surface area (Å²) in [6.45, 7) is 2.04. The quantitative estimate of drug-likeness (QED) is 0.265. The maximum atomic E-state index is 13.2. The number of ether oxygens (including phenoxy) is 1. The van der Waals surface area contributed by atoms with Crippen LogP contribution < -0.4 is 20.3 Å². The zero-order valence-corrected chi connectivity index (χ0v) is 27.0. The molecular weight excluding hydrogens is 614 g/mol. The number of aromatic nitrogens is 1. The predicted octanol–water partition coefficient (Wildman–Crippen LogP) is 3.33. The topological polar surface area (TPSA) is 174 Å². The van der Waals surface area contributed by atoms with Gasteiger partial charge in [-0.25, -0.2) is 13.2 Å². The molecule has 2 aromatic carbocycles. The van der Waals surface area contributed by atoms with E-state index in [0.29, 0.717) is 28.4 Å². The number of rotatable bonds is 12. The van der Waals surface area contributed by atoms with Crippen molar-refractivity contribution in [1.82, 2.24) is 14.2 Å². The Bertz CT molecular complexity index is 1730. The van der Waals surface area contributed by atoms with Gasteiger partial charge in [0.15, 0.2) is 5.37 Å². The van der Waals surface area contributed by atoms with Gasteiger partial charge in [-0.2, -0.15) is 4.31 Å². The van der Waals surface area contributed by atoms with E-state index in [4.69, 9.17) is 4.74 Å². The number of hydrogen-bond acceptors (Lipinski definition) is 9. The van der Waals surface area contributed by atoms with Crippen LogP contribution in [0.4, 0.5) is 21.9 Å². The summed E-state index contributed by atoms with van der Waals surface area (Å²) in [5.74, 6) is -1.10. The number of carboxylic acid groups (broad SMARTS) is 1. The zero-order valence-electron chi connectivity index (χ0n) is 26.2. The number of pyridine rings is 1. The third-order valence-corrected chi connectivity index (χ3v) is 9.58. The summed E-state index contributed by atoms with van der Waals surface area (Å²) >= 11 is 0. The molecule has 0 saturated carbocycles. The van der Waals surface area contributed by atoms with Crippen LogP contribution >= 0.6 is 0 Å². The van der Waals surface area contributed by atoms with E-state index in [1.165, 1.54) is 37.7 Å². The Balaban J connectivity index is 1.43. The van der Waals surface area contributed by atoms with E-state index in [1.54, 1.807) is 49.3 Å². The van der Waals surface area contributed by atoms with Gasteiger partial charge in [-0.3, -0.25) is 19.6 Å². The summed E-state index contributed by atoms with van der Waals surface area (Å²) in [6, 6.07) is 14.0. The highest BCUT2D eigenvalue weighted by molar-refractivity contribution is 7.89. The Morgan fingerprint density at radius 2 is 1.80 bits per heavy atom. The molecule has 4 rings (SSSR count). The molecule has 0 saturated heterocycles. The van der Waals surface area contributed by atoms with Crippen molar-refractivity contribution in [2.24, 2.45) is 4.99 Å². The monoisotopic (exact) mass is 651 g/mol. The van der Waals surface area contributed by atoms with Crippen LogP contribution in [0.15, 0.2) is 65.8 Å². The second-order valence-corrected chi connectivity index (χ2v) is 13.0. The number of carbonyl (C=O) groups is 3. The van der Waals surface area contributed by atoms with E-state index in [0.717, 1.165) is 9.87 Å². The SMILES string of the molecule is COc1cc(CC(=O)N(C)c2ccc(C(CC(=O)O)N(C)S(=O)(=O)C3CN(C)C=N3)nc2)ccc1NC(=O)Nc1ccccc1C. The fourth-order valence-electron chi connectivity index (χ4n) is 4.82. The summed E-state index contributed by atoms with van der Waals surface area (Å²) < 4.78 is 32.8. The van der Waals surface area contributed by atoms with Crippen LogP contribution in [0.2, 0.25) is 0 Å². The lowest BCUT2D eigenvalue weighted by atomic mass is 10.1. The summed E-state index contributed by atoms with van der Waals surface area (Å²) in [5, 5.41) is 14.0. The molecule has 0 fully saturated rings. The minimum Gasteiger partial charge on any atom is -0.495 e. The van der Waals surface area contributed by atoms with Crippen molar-refractivity contribution < 1.29 is 32.6 Å². The number of likely N-dealkylation sites (N-methyl/N-ethyl adjacent to an activating group) is 2. The lowest BCUT2D eigenvalue weighted by molar-refractivity contribution is -0.138. The highest BCUT2D eigenvalue weighted by Crippen LogP contribution is 2.30. The van der Waals surface area contributed by atoms with Crippen molar-refractivity contribution in [3.63, 3.8) is 0 Å². The van der Waals surface area contributed by atoms with E-state index in [9.17, 15) is 27.9 Å². The summed E-state index contributed by atoms with van der Waals surface area (Å²) in [4.78, 5) is 48.8. The minimum atomic E-state index is -3.98. The third kappa shape index (κ3) is 7.97. The Morgan fingerprint density at radius 1 is 1.09 bits per heavy atom. The van der Waals surface area contributed by atoms with Crippen molar-refractivity contribution in [2.45, 2.75) is 31.2 Å². The van der Waals surface area contributed by atoms with Gasteiger partial charge in [-0.1, -0.05) is 24.3 Å². The lowest BCUT2D eigenvalue weighted by Crippen LogP contribution is -2.40. The number of anilines is 3. The first-order chi connectivity index (χ1) is 21.8. The fraction of sp³-hybridized carbons (Fsp3) is 0.323. The van der Waals surface area contributed by atoms with Crippen LogP contribution in [0.1, 0.15) is 29.3 Å². The van der Waals surface area contributed by atoms with Gasteiger partial charge in [0, 0.05) is 26.8 Å². The molecule has 1 aliphatic rings. The molecule has 15 heteroatoms. The molecule has 46 heavy (non-hydrogen) atoms. The minimum absolute atomic E-state index is 0.00325. The Kier molecular flexibility index (Phi) is 10.6. The summed E-state index contributed by atoms with van der Waals surface area (Å²) in [7, 11) is 2.06. The first-order valence-electron chi connectivity index (χ1n) is 14.3. The number of aryl methyl sites for hydroxylation is 1. The van der Waals surface area contributed by atoms with E-state index in [2.05, 4.69) is 20.6 Å². The van der Waals surface area contributed by atoms with E-state index in [-0.39, 0.29) is 24.6 Å². The van der Waals surface area contributed by atoms with Crippen LogP contribution in [-0.4, -0.2) is 92.1 Å². The average Bonchev–Trinajstić information content (AvgIpc) is 3.48. The van der Waals surface area contributed by atoms with Gasteiger partial charge in [0.25, 0.3) is 0 Å². The zero-order chi connectivity index (χ0) is 33.6. The highest BCUT2D eigenvalue weighted by Gasteiger charge is 2.38. The number of nitrogens with zero attached hydrogens (tertiary/aromatic N) is 5. The first kappa shape index (κ1) is 33.9. The van der Waals surface area contributed by atoms with Crippen molar-refractivity contribution in [3.8, 4) is 5.75 Å². The number of para-hydroxylation sites is 1. The van der Waals surface area contributed by atoms with Crippen LogP contribution in [0, 0.1) is 6.92 Å². The summed E-state index contributed by atoms with van der Waals surface area (Å²) in [5.41, 5.74) is 3.29. The number of benzene rings is 2. The molecule has 0 radical (unpaired) electrons. The largest absolute Gasteiger partial charge is 0.495 e. The van der Waals surface area contributed by atoms with Crippen LogP contribution in [-0.2, 0) is 26.0 Å². The molecule has 14 nitrogen and oxygen atoms in total. The normalized spacial score (nSPS) is 15.0. The standard InChI is InChI=1S/C31H37N7O7S/c1-20-8-6-7-9-23(20)34-31(42)35-25-12-10-21(14-27(25)45-5)15-29(39)37(3)22-11-13-24(32-17-22)26(16-30(40)41)38(4)46(43,44)28-18-36(2)19-33-28/h6-14,17,19,26,28H,15-16,18H2,1-5H3,(H,40,41)(H2,34,35,42). The number of carboxylic acids is 1. The number of aliphatic carboxylic acids is 1. The first-order valence-corrected chi connectivity index (χ1v) is 15.8. The second kappa shape index (κ2) is 14.4. The number of amides is 3. The molecule has 0 aliphatic carbocycles. The van der Waals surface area contributed by atoms with Crippen molar-refractivity contribution in [1.29, 1.82) is 0 Å². The van der Waals surface area contributed by atoms with Gasteiger partial charge in [0.2, 0.25) is 15.9 Å². The average molecular weight is 652 g/mol. The molecule has 1 aliphatic heterocycles. The van der Waals surface area contributed by atoms with Crippen LogP contribution in [0.25, 0.3) is 0 Å². The van der Waals surface area contributed by atoms with Crippen LogP contribution in [0.3, 0.4) is 0 Å². The van der Waals surface area contributed by atoms with Crippen molar-refractivity contribution in [3.05, 3.63) is 77.6 Å². The molecular formula is C31H37N7O7S. The fourth-order valence-corrected chi connectivity index (χ4v) is 6.37. The van der Waals surface area contributed by atoms with Gasteiger partial charge in [-0.05, 0) is 48.4 Å². The molecule has 0 bridgehead atoms. The highest BCUT2D eigenvalue weighted by atomic mass is 32.2. The van der Waals surface area contributed by atoms with Gasteiger partial charge < -0.3 is 30.3 Å². The molecule has 3 N–H and O–H groups in total. The van der Waals surface area contributed by atoms with Gasteiger partial charge in [0.1, 0.15) is 5.75 Å². The van der Waals surface area contributed by atoms with Crippen LogP contribution in [0.5, 0.6) is 5.75 Å². The maximum absolute atomic E-state index is 13.2. The summed E-state index contributed by atoms with van der Waals surface area (Å²) in [6.07, 6.45) is 2.31. The predicted molar refractivity (Wildman–Crippen MR) is 175 cm³/mol. The maximum Gasteiger partial charge on any atom is 0.323 e. The smallest absolute Gasteiger partial charge is 0.323 e. The molecule has 1 aromatic heterocycles. The third-order valence-electron chi connectivity index (χ3n) is 7.56. The van der Waals surface area contributed by atoms with Gasteiger partial charge in [-0.15, -0.1) is 0 Å².